The zero-order valence-electron chi connectivity index (χ0n) is 16.5. The van der Waals surface area contributed by atoms with Crippen molar-refractivity contribution in [2.45, 2.75) is 32.4 Å². The largest absolute Gasteiger partial charge is 0.506 e. The average Bonchev–Trinajstić information content (AvgIpc) is 2.65. The monoisotopic (exact) mass is 380 g/mol. The van der Waals surface area contributed by atoms with Crippen LogP contribution in [0.5, 0.6) is 5.75 Å². The third-order valence-electron chi connectivity index (χ3n) is 5.43. The Balaban J connectivity index is 1.92. The lowest BCUT2D eigenvalue weighted by molar-refractivity contribution is 0.0696. The van der Waals surface area contributed by atoms with Gasteiger partial charge in [-0.1, -0.05) is 30.3 Å². The maximum Gasteiger partial charge on any atom is 0.335 e. The lowest BCUT2D eigenvalue weighted by Gasteiger charge is -2.45. The zero-order valence-corrected chi connectivity index (χ0v) is 16.5. The molecule has 0 aliphatic carbocycles. The number of carbonyl (C=O) groups is 1. The fourth-order valence-corrected chi connectivity index (χ4v) is 4.02. The number of phenolic OH excluding ortho intramolecular Hbond substituents is 1. The normalized spacial score (nSPS) is 20.1. The molecule has 2 aromatic rings. The van der Waals surface area contributed by atoms with Crippen molar-refractivity contribution in [3.8, 4) is 5.75 Å². The van der Waals surface area contributed by atoms with Crippen LogP contribution in [0.25, 0.3) is 0 Å². The van der Waals surface area contributed by atoms with Crippen LogP contribution in [-0.4, -0.2) is 52.8 Å². The number of benzene rings is 2. The summed E-state index contributed by atoms with van der Waals surface area (Å²) in [5.41, 5.74) is 3.04. The van der Waals surface area contributed by atoms with Gasteiger partial charge in [-0.05, 0) is 49.6 Å². The van der Waals surface area contributed by atoms with Crippen molar-refractivity contribution in [1.82, 2.24) is 4.90 Å². The first kappa shape index (κ1) is 20.0. The van der Waals surface area contributed by atoms with Gasteiger partial charge in [0.25, 0.3) is 0 Å². The SMILES string of the molecule is C=CCN1C[C@H](C)N(c2c(O)cccc2Cc2cccc(C(=O)O)c2)C[C@H]1C. The Morgan fingerprint density at radius 2 is 1.93 bits per heavy atom. The van der Waals surface area contributed by atoms with E-state index in [0.29, 0.717) is 12.5 Å². The van der Waals surface area contributed by atoms with E-state index in [1.54, 1.807) is 24.3 Å². The lowest BCUT2D eigenvalue weighted by Crippen LogP contribution is -2.56. The average molecular weight is 380 g/mol. The summed E-state index contributed by atoms with van der Waals surface area (Å²) in [6, 6.07) is 13.1. The third kappa shape index (κ3) is 4.20. The number of rotatable bonds is 6. The van der Waals surface area contributed by atoms with E-state index in [1.165, 1.54) is 0 Å². The predicted molar refractivity (Wildman–Crippen MR) is 112 cm³/mol. The van der Waals surface area contributed by atoms with E-state index in [9.17, 15) is 15.0 Å². The first-order chi connectivity index (χ1) is 13.4. The molecule has 28 heavy (non-hydrogen) atoms. The van der Waals surface area contributed by atoms with Crippen LogP contribution in [0.15, 0.2) is 55.1 Å². The Labute approximate surface area is 166 Å². The number of carboxylic acid groups (broad SMARTS) is 1. The van der Waals surface area contributed by atoms with Crippen LogP contribution in [0.3, 0.4) is 0 Å². The van der Waals surface area contributed by atoms with E-state index in [0.717, 1.165) is 36.4 Å². The first-order valence-corrected chi connectivity index (χ1v) is 9.65. The van der Waals surface area contributed by atoms with E-state index >= 15 is 0 Å². The molecule has 0 radical (unpaired) electrons. The summed E-state index contributed by atoms with van der Waals surface area (Å²) >= 11 is 0. The highest BCUT2D eigenvalue weighted by atomic mass is 16.4. The third-order valence-corrected chi connectivity index (χ3v) is 5.43. The van der Waals surface area contributed by atoms with E-state index in [-0.39, 0.29) is 17.4 Å². The number of nitrogens with zero attached hydrogens (tertiary/aromatic N) is 2. The topological polar surface area (TPSA) is 64.0 Å². The molecule has 1 aliphatic rings. The number of hydrogen-bond donors (Lipinski definition) is 2. The number of aromatic hydroxyl groups is 1. The molecule has 1 aliphatic heterocycles. The van der Waals surface area contributed by atoms with Gasteiger partial charge < -0.3 is 15.1 Å². The molecular weight excluding hydrogens is 352 g/mol. The Kier molecular flexibility index (Phi) is 6.05. The smallest absolute Gasteiger partial charge is 0.335 e. The van der Waals surface area contributed by atoms with Crippen LogP contribution in [-0.2, 0) is 6.42 Å². The fraction of sp³-hybridized carbons (Fsp3) is 0.348. The fourth-order valence-electron chi connectivity index (χ4n) is 4.02. The van der Waals surface area contributed by atoms with Crippen molar-refractivity contribution in [3.63, 3.8) is 0 Å². The second-order valence-electron chi connectivity index (χ2n) is 7.56. The summed E-state index contributed by atoms with van der Waals surface area (Å²) in [6.45, 7) is 10.8. The molecule has 3 rings (SSSR count). The number of hydrogen-bond acceptors (Lipinski definition) is 4. The van der Waals surface area contributed by atoms with Gasteiger partial charge in [-0.15, -0.1) is 6.58 Å². The van der Waals surface area contributed by atoms with Crippen LogP contribution in [0, 0.1) is 0 Å². The Bertz CT molecular complexity index is 865. The molecule has 0 spiro atoms. The summed E-state index contributed by atoms with van der Waals surface area (Å²) in [6.07, 6.45) is 2.50. The second-order valence-corrected chi connectivity index (χ2v) is 7.56. The van der Waals surface area contributed by atoms with Crippen molar-refractivity contribution in [2.24, 2.45) is 0 Å². The van der Waals surface area contributed by atoms with Crippen molar-refractivity contribution in [2.75, 3.05) is 24.5 Å². The molecule has 0 unspecified atom stereocenters. The second kappa shape index (κ2) is 8.48. The number of aromatic carboxylic acids is 1. The molecule has 0 saturated carbocycles. The summed E-state index contributed by atoms with van der Waals surface area (Å²) in [7, 11) is 0. The summed E-state index contributed by atoms with van der Waals surface area (Å²) in [5, 5.41) is 19.9. The van der Waals surface area contributed by atoms with Crippen LogP contribution in [0.1, 0.15) is 35.3 Å². The lowest BCUT2D eigenvalue weighted by atomic mass is 9.98. The van der Waals surface area contributed by atoms with Gasteiger partial charge in [0.2, 0.25) is 0 Å². The molecule has 5 nitrogen and oxygen atoms in total. The van der Waals surface area contributed by atoms with Crippen LogP contribution < -0.4 is 4.90 Å². The van der Waals surface area contributed by atoms with Gasteiger partial charge in [0, 0.05) is 31.7 Å². The first-order valence-electron chi connectivity index (χ1n) is 9.65. The van der Waals surface area contributed by atoms with Crippen molar-refractivity contribution in [3.05, 3.63) is 71.8 Å². The van der Waals surface area contributed by atoms with Gasteiger partial charge in [0.1, 0.15) is 5.75 Å². The van der Waals surface area contributed by atoms with E-state index < -0.39 is 5.97 Å². The highest BCUT2D eigenvalue weighted by Gasteiger charge is 2.31. The molecule has 0 bridgehead atoms. The number of anilines is 1. The molecule has 2 N–H and O–H groups in total. The predicted octanol–water partition coefficient (Wildman–Crippen LogP) is 3.77. The Morgan fingerprint density at radius 1 is 1.18 bits per heavy atom. The minimum atomic E-state index is -0.932. The summed E-state index contributed by atoms with van der Waals surface area (Å²) < 4.78 is 0. The van der Waals surface area contributed by atoms with Gasteiger partial charge in [0.05, 0.1) is 11.3 Å². The maximum atomic E-state index is 11.3. The molecule has 5 heteroatoms. The minimum absolute atomic E-state index is 0.244. The molecule has 0 amide bonds. The van der Waals surface area contributed by atoms with Gasteiger partial charge in [-0.3, -0.25) is 4.90 Å². The van der Waals surface area contributed by atoms with Crippen molar-refractivity contribution in [1.29, 1.82) is 0 Å². The highest BCUT2D eigenvalue weighted by Crippen LogP contribution is 2.36. The Morgan fingerprint density at radius 3 is 2.64 bits per heavy atom. The quantitative estimate of drug-likeness (QED) is 0.747. The van der Waals surface area contributed by atoms with Crippen LogP contribution in [0.2, 0.25) is 0 Å². The number of piperazine rings is 1. The number of carboxylic acids is 1. The van der Waals surface area contributed by atoms with Crippen molar-refractivity contribution >= 4 is 11.7 Å². The van der Waals surface area contributed by atoms with Crippen molar-refractivity contribution < 1.29 is 15.0 Å². The summed E-state index contributed by atoms with van der Waals surface area (Å²) in [4.78, 5) is 15.9. The molecule has 1 saturated heterocycles. The molecule has 1 heterocycles. The van der Waals surface area contributed by atoms with Gasteiger partial charge in [-0.25, -0.2) is 4.79 Å². The zero-order chi connectivity index (χ0) is 20.3. The van der Waals surface area contributed by atoms with Crippen LogP contribution >= 0.6 is 0 Å². The van der Waals surface area contributed by atoms with Gasteiger partial charge in [0.15, 0.2) is 0 Å². The molecule has 2 aromatic carbocycles. The van der Waals surface area contributed by atoms with Gasteiger partial charge in [-0.2, -0.15) is 0 Å². The highest BCUT2D eigenvalue weighted by molar-refractivity contribution is 5.87. The van der Waals surface area contributed by atoms with E-state index in [4.69, 9.17) is 0 Å². The van der Waals surface area contributed by atoms with Crippen LogP contribution in [0.4, 0.5) is 5.69 Å². The molecule has 0 aromatic heterocycles. The molecular formula is C23H28N2O3. The van der Waals surface area contributed by atoms with E-state index in [1.807, 2.05) is 24.3 Å². The molecule has 1 fully saturated rings. The number of phenols is 1. The standard InChI is InChI=1S/C23H28N2O3/c1-4-11-24-14-17(3)25(15-16(24)2)22-19(8-6-10-21(22)26)12-18-7-5-9-20(13-18)23(27)28/h4-10,13,16-17,26H,1,11-12,14-15H2,2-3H3,(H,27,28)/t16-,17+/m1/s1. The van der Waals surface area contributed by atoms with E-state index in [2.05, 4.69) is 30.2 Å². The Hall–Kier alpha value is -2.79. The molecule has 2 atom stereocenters. The molecule has 148 valence electrons. The minimum Gasteiger partial charge on any atom is -0.506 e. The number of para-hydroxylation sites is 1. The maximum absolute atomic E-state index is 11.3. The summed E-state index contributed by atoms with van der Waals surface area (Å²) in [5.74, 6) is -0.665. The van der Waals surface area contributed by atoms with Gasteiger partial charge >= 0.3 is 5.97 Å².